The van der Waals surface area contributed by atoms with Crippen molar-refractivity contribution < 1.29 is 9.59 Å². The van der Waals surface area contributed by atoms with E-state index in [2.05, 4.69) is 29.7 Å². The number of hydrogen-bond donors (Lipinski definition) is 2. The van der Waals surface area contributed by atoms with Crippen molar-refractivity contribution in [2.75, 3.05) is 30.3 Å². The molecule has 1 saturated heterocycles. The number of nitrogens with zero attached hydrogens (tertiary/aromatic N) is 1. The molecule has 0 aromatic heterocycles. The standard InChI is InChI=1S/C23H29N3O2/c1-16-12-17(2)22(18(3)13-16)24-15-21(27)25-20-9-7-8-19(14-20)23(28)26-10-5-4-6-11-26/h7-9,12-14,24H,4-6,10-11,15H2,1-3H3,(H,25,27). The average Bonchev–Trinajstić information content (AvgIpc) is 2.67. The van der Waals surface area contributed by atoms with E-state index in [4.69, 9.17) is 0 Å². The van der Waals surface area contributed by atoms with Crippen LogP contribution in [-0.2, 0) is 4.79 Å². The van der Waals surface area contributed by atoms with Crippen LogP contribution in [0.4, 0.5) is 11.4 Å². The van der Waals surface area contributed by atoms with Crippen molar-refractivity contribution in [1.29, 1.82) is 0 Å². The van der Waals surface area contributed by atoms with Crippen LogP contribution in [0.15, 0.2) is 36.4 Å². The summed E-state index contributed by atoms with van der Waals surface area (Å²) in [5.74, 6) is -0.0956. The minimum atomic E-state index is -0.137. The fourth-order valence-corrected chi connectivity index (χ4v) is 3.84. The lowest BCUT2D eigenvalue weighted by molar-refractivity contribution is -0.114. The lowest BCUT2D eigenvalue weighted by atomic mass is 10.1. The summed E-state index contributed by atoms with van der Waals surface area (Å²) in [6.45, 7) is 7.94. The van der Waals surface area contributed by atoms with Crippen LogP contribution in [-0.4, -0.2) is 36.3 Å². The van der Waals surface area contributed by atoms with E-state index in [9.17, 15) is 9.59 Å². The van der Waals surface area contributed by atoms with Gasteiger partial charge < -0.3 is 15.5 Å². The quantitative estimate of drug-likeness (QED) is 0.815. The lowest BCUT2D eigenvalue weighted by Crippen LogP contribution is -2.35. The van der Waals surface area contributed by atoms with E-state index >= 15 is 0 Å². The number of piperidine rings is 1. The number of likely N-dealkylation sites (tertiary alicyclic amines) is 1. The highest BCUT2D eigenvalue weighted by atomic mass is 16.2. The predicted octanol–water partition coefficient (Wildman–Crippen LogP) is 4.29. The molecule has 1 heterocycles. The molecule has 0 spiro atoms. The maximum absolute atomic E-state index is 12.7. The number of nitrogens with one attached hydrogen (secondary N) is 2. The highest BCUT2D eigenvalue weighted by molar-refractivity contribution is 5.98. The van der Waals surface area contributed by atoms with E-state index in [1.165, 1.54) is 12.0 Å². The van der Waals surface area contributed by atoms with Crippen LogP contribution in [0.2, 0.25) is 0 Å². The van der Waals surface area contributed by atoms with E-state index in [0.717, 1.165) is 42.7 Å². The zero-order chi connectivity index (χ0) is 20.1. The van der Waals surface area contributed by atoms with Crippen molar-refractivity contribution in [1.82, 2.24) is 4.90 Å². The molecular weight excluding hydrogens is 350 g/mol. The first kappa shape index (κ1) is 19.9. The summed E-state index contributed by atoms with van der Waals surface area (Å²) in [5, 5.41) is 6.12. The Balaban J connectivity index is 1.61. The lowest BCUT2D eigenvalue weighted by Gasteiger charge is -2.26. The maximum atomic E-state index is 12.7. The van der Waals surface area contributed by atoms with Gasteiger partial charge in [-0.15, -0.1) is 0 Å². The van der Waals surface area contributed by atoms with Gasteiger partial charge in [0, 0.05) is 30.0 Å². The van der Waals surface area contributed by atoms with Gasteiger partial charge in [0.05, 0.1) is 6.54 Å². The summed E-state index contributed by atoms with van der Waals surface area (Å²) in [7, 11) is 0. The zero-order valence-corrected chi connectivity index (χ0v) is 17.0. The molecule has 1 aliphatic heterocycles. The second-order valence-electron chi connectivity index (χ2n) is 7.61. The third kappa shape index (κ3) is 4.91. The Kier molecular flexibility index (Phi) is 6.34. The summed E-state index contributed by atoms with van der Waals surface area (Å²) in [4.78, 5) is 26.9. The van der Waals surface area contributed by atoms with Crippen molar-refractivity contribution in [3.63, 3.8) is 0 Å². The maximum Gasteiger partial charge on any atom is 0.253 e. The summed E-state index contributed by atoms with van der Waals surface area (Å²) in [6.07, 6.45) is 3.31. The summed E-state index contributed by atoms with van der Waals surface area (Å²) in [5.41, 5.74) is 5.72. The fourth-order valence-electron chi connectivity index (χ4n) is 3.84. The molecule has 3 rings (SSSR count). The van der Waals surface area contributed by atoms with Gasteiger partial charge in [-0.1, -0.05) is 23.8 Å². The second-order valence-corrected chi connectivity index (χ2v) is 7.61. The van der Waals surface area contributed by atoms with Crippen molar-refractivity contribution in [2.24, 2.45) is 0 Å². The van der Waals surface area contributed by atoms with E-state index in [1.54, 1.807) is 6.07 Å². The molecule has 0 bridgehead atoms. The Morgan fingerprint density at radius 1 is 0.964 bits per heavy atom. The van der Waals surface area contributed by atoms with Crippen LogP contribution < -0.4 is 10.6 Å². The van der Waals surface area contributed by atoms with Gasteiger partial charge in [0.2, 0.25) is 5.91 Å². The molecule has 2 N–H and O–H groups in total. The number of aryl methyl sites for hydroxylation is 3. The van der Waals surface area contributed by atoms with Crippen molar-refractivity contribution in [2.45, 2.75) is 40.0 Å². The molecule has 5 heteroatoms. The first-order valence-electron chi connectivity index (χ1n) is 9.95. The monoisotopic (exact) mass is 379 g/mol. The Morgan fingerprint density at radius 2 is 1.64 bits per heavy atom. The Hall–Kier alpha value is -2.82. The van der Waals surface area contributed by atoms with Gasteiger partial charge in [0.25, 0.3) is 5.91 Å². The predicted molar refractivity (Wildman–Crippen MR) is 114 cm³/mol. The van der Waals surface area contributed by atoms with Crippen LogP contribution in [0.5, 0.6) is 0 Å². The molecule has 0 unspecified atom stereocenters. The smallest absolute Gasteiger partial charge is 0.253 e. The van der Waals surface area contributed by atoms with Crippen molar-refractivity contribution >= 4 is 23.2 Å². The van der Waals surface area contributed by atoms with Crippen molar-refractivity contribution in [3.05, 3.63) is 58.7 Å². The molecule has 0 saturated carbocycles. The molecule has 1 aliphatic rings. The molecule has 2 aromatic rings. The summed E-state index contributed by atoms with van der Waals surface area (Å²) in [6, 6.07) is 11.4. The molecule has 0 aliphatic carbocycles. The normalized spacial score (nSPS) is 13.9. The number of anilines is 2. The van der Waals surface area contributed by atoms with Gasteiger partial charge in [-0.3, -0.25) is 9.59 Å². The number of rotatable bonds is 5. The molecule has 1 fully saturated rings. The van der Waals surface area contributed by atoms with Crippen molar-refractivity contribution in [3.8, 4) is 0 Å². The Bertz CT molecular complexity index is 847. The summed E-state index contributed by atoms with van der Waals surface area (Å²) < 4.78 is 0. The van der Waals surface area contributed by atoms with Gasteiger partial charge in [-0.25, -0.2) is 0 Å². The fraction of sp³-hybridized carbons (Fsp3) is 0.391. The SMILES string of the molecule is Cc1cc(C)c(NCC(=O)Nc2cccc(C(=O)N3CCCCC3)c2)c(C)c1. The first-order chi connectivity index (χ1) is 13.4. The van der Waals surface area contributed by atoms with Gasteiger partial charge in [0.15, 0.2) is 0 Å². The highest BCUT2D eigenvalue weighted by Crippen LogP contribution is 2.22. The van der Waals surface area contributed by atoms with Crippen LogP contribution in [0.1, 0.15) is 46.3 Å². The highest BCUT2D eigenvalue weighted by Gasteiger charge is 2.18. The summed E-state index contributed by atoms with van der Waals surface area (Å²) >= 11 is 0. The largest absolute Gasteiger partial charge is 0.376 e. The minimum Gasteiger partial charge on any atom is -0.376 e. The number of amides is 2. The molecule has 2 amide bonds. The van der Waals surface area contributed by atoms with Gasteiger partial charge in [-0.2, -0.15) is 0 Å². The van der Waals surface area contributed by atoms with E-state index < -0.39 is 0 Å². The van der Waals surface area contributed by atoms with Crippen LogP contribution in [0.3, 0.4) is 0 Å². The second kappa shape index (κ2) is 8.91. The topological polar surface area (TPSA) is 61.4 Å². The van der Waals surface area contributed by atoms with Crippen LogP contribution in [0, 0.1) is 20.8 Å². The minimum absolute atomic E-state index is 0.0415. The third-order valence-corrected chi connectivity index (χ3v) is 5.14. The molecular formula is C23H29N3O2. The molecule has 2 aromatic carbocycles. The third-order valence-electron chi connectivity index (χ3n) is 5.14. The molecule has 0 atom stereocenters. The van der Waals surface area contributed by atoms with E-state index in [0.29, 0.717) is 11.3 Å². The number of carbonyl (C=O) groups excluding carboxylic acids is 2. The zero-order valence-electron chi connectivity index (χ0n) is 17.0. The number of benzene rings is 2. The van der Waals surface area contributed by atoms with Crippen LogP contribution >= 0.6 is 0 Å². The number of carbonyl (C=O) groups is 2. The Morgan fingerprint density at radius 3 is 2.32 bits per heavy atom. The van der Waals surface area contributed by atoms with Gasteiger partial charge in [-0.05, 0) is 69.4 Å². The van der Waals surface area contributed by atoms with Gasteiger partial charge in [0.1, 0.15) is 0 Å². The molecule has 0 radical (unpaired) electrons. The average molecular weight is 380 g/mol. The molecule has 5 nitrogen and oxygen atoms in total. The molecule has 148 valence electrons. The molecule has 28 heavy (non-hydrogen) atoms. The Labute approximate surface area is 167 Å². The van der Waals surface area contributed by atoms with Gasteiger partial charge >= 0.3 is 0 Å². The van der Waals surface area contributed by atoms with E-state index in [-0.39, 0.29) is 18.4 Å². The first-order valence-corrected chi connectivity index (χ1v) is 9.95. The van der Waals surface area contributed by atoms with E-state index in [1.807, 2.05) is 36.9 Å². The number of hydrogen-bond acceptors (Lipinski definition) is 3. The van der Waals surface area contributed by atoms with Crippen LogP contribution in [0.25, 0.3) is 0 Å².